The topological polar surface area (TPSA) is 107 Å². The van der Waals surface area contributed by atoms with Gasteiger partial charge in [0.25, 0.3) is 0 Å². The second-order valence-electron chi connectivity index (χ2n) is 17.5. The van der Waals surface area contributed by atoms with E-state index in [1.54, 1.807) is 72.8 Å². The second-order valence-corrected chi connectivity index (χ2v) is 17.5. The summed E-state index contributed by atoms with van der Waals surface area (Å²) < 4.78 is 38.0. The van der Waals surface area contributed by atoms with Crippen molar-refractivity contribution in [3.63, 3.8) is 0 Å². The van der Waals surface area contributed by atoms with Gasteiger partial charge in [-0.1, -0.05) is 210 Å². The van der Waals surface area contributed by atoms with Crippen LogP contribution in [0, 0.1) is 0 Å². The van der Waals surface area contributed by atoms with Gasteiger partial charge in [-0.05, 0) is 49.2 Å². The molecule has 5 atom stereocenters. The Morgan fingerprint density at radius 2 is 0.734 bits per heavy atom. The van der Waals surface area contributed by atoms with Gasteiger partial charge in [-0.2, -0.15) is 0 Å². The minimum atomic E-state index is -1.30. The summed E-state index contributed by atoms with van der Waals surface area (Å²) in [4.78, 5) is 41.5. The molecule has 9 heteroatoms. The Kier molecular flexibility index (Phi) is 27.5. The highest BCUT2D eigenvalue weighted by molar-refractivity contribution is 5.91. The first-order valence-electron chi connectivity index (χ1n) is 25.1. The molecular formula is C55H80O9. The number of esters is 3. The summed E-state index contributed by atoms with van der Waals surface area (Å²) in [6.45, 7) is 5.37. The zero-order valence-corrected chi connectivity index (χ0v) is 39.3. The molecule has 64 heavy (non-hydrogen) atoms. The summed E-state index contributed by atoms with van der Waals surface area (Å²) in [6, 6.07) is 25.8. The van der Waals surface area contributed by atoms with Gasteiger partial charge in [0.05, 0.1) is 23.3 Å². The van der Waals surface area contributed by atoms with Crippen molar-refractivity contribution < 1.29 is 42.8 Å². The van der Waals surface area contributed by atoms with Gasteiger partial charge in [0.15, 0.2) is 24.6 Å². The van der Waals surface area contributed by atoms with E-state index in [2.05, 4.69) is 13.8 Å². The molecule has 0 radical (unpaired) electrons. The van der Waals surface area contributed by atoms with Crippen LogP contribution in [-0.4, -0.2) is 68.4 Å². The molecule has 3 aromatic carbocycles. The van der Waals surface area contributed by atoms with Crippen LogP contribution < -0.4 is 0 Å². The van der Waals surface area contributed by atoms with Crippen molar-refractivity contribution in [2.45, 2.75) is 199 Å². The summed E-state index contributed by atoms with van der Waals surface area (Å²) in [7, 11) is 0. The molecule has 0 spiro atoms. The van der Waals surface area contributed by atoms with E-state index in [0.717, 1.165) is 38.5 Å². The van der Waals surface area contributed by atoms with Gasteiger partial charge in [-0.25, -0.2) is 14.4 Å². The molecule has 9 nitrogen and oxygen atoms in total. The predicted octanol–water partition coefficient (Wildman–Crippen LogP) is 13.8. The van der Waals surface area contributed by atoms with E-state index < -0.39 is 48.6 Å². The van der Waals surface area contributed by atoms with Gasteiger partial charge in [0.2, 0.25) is 0 Å². The molecule has 3 aromatic rings. The summed E-state index contributed by atoms with van der Waals surface area (Å²) >= 11 is 0. The molecule has 1 heterocycles. The van der Waals surface area contributed by atoms with Crippen LogP contribution in [0.25, 0.3) is 0 Å². The molecule has 4 rings (SSSR count). The molecule has 1 saturated heterocycles. The van der Waals surface area contributed by atoms with Gasteiger partial charge >= 0.3 is 17.9 Å². The Labute approximate surface area is 385 Å². The highest BCUT2D eigenvalue weighted by Gasteiger charge is 2.53. The van der Waals surface area contributed by atoms with Crippen LogP contribution >= 0.6 is 0 Å². The molecule has 0 aliphatic carbocycles. The maximum Gasteiger partial charge on any atom is 0.338 e. The molecule has 1 aliphatic rings. The minimum Gasteiger partial charge on any atom is -0.452 e. The Bertz CT molecular complexity index is 1630. The lowest BCUT2D eigenvalue weighted by Crippen LogP contribution is -2.63. The number of hydrogen-bond donors (Lipinski definition) is 0. The second kappa shape index (κ2) is 33.4. The summed E-state index contributed by atoms with van der Waals surface area (Å²) in [5.41, 5.74) is 0.917. The number of hydrogen-bond acceptors (Lipinski definition) is 9. The zero-order valence-electron chi connectivity index (χ0n) is 39.3. The van der Waals surface area contributed by atoms with E-state index in [1.165, 1.54) is 116 Å². The normalized spacial score (nSPS) is 18.4. The van der Waals surface area contributed by atoms with E-state index >= 15 is 0 Å². The van der Waals surface area contributed by atoms with E-state index in [4.69, 9.17) is 28.4 Å². The fourth-order valence-corrected chi connectivity index (χ4v) is 8.23. The van der Waals surface area contributed by atoms with Crippen LogP contribution in [0.5, 0.6) is 0 Å². The first-order chi connectivity index (χ1) is 31.5. The number of carbonyl (C=O) groups is 3. The summed E-state index contributed by atoms with van der Waals surface area (Å²) in [5.74, 6) is -1.95. The van der Waals surface area contributed by atoms with Crippen molar-refractivity contribution >= 4 is 17.9 Å². The Morgan fingerprint density at radius 3 is 1.12 bits per heavy atom. The van der Waals surface area contributed by atoms with Crippen LogP contribution in [0.15, 0.2) is 91.0 Å². The quantitative estimate of drug-likeness (QED) is 0.0324. The first kappa shape index (κ1) is 52.6. The lowest BCUT2D eigenvalue weighted by molar-refractivity contribution is -0.300. The van der Waals surface area contributed by atoms with E-state index in [1.807, 2.05) is 18.2 Å². The lowest BCUT2D eigenvalue weighted by Gasteiger charge is -2.44. The van der Waals surface area contributed by atoms with Crippen molar-refractivity contribution in [3.8, 4) is 0 Å². The molecule has 0 amide bonds. The molecule has 0 N–H and O–H groups in total. The van der Waals surface area contributed by atoms with Crippen LogP contribution in [0.4, 0.5) is 0 Å². The van der Waals surface area contributed by atoms with Crippen LogP contribution in [0.3, 0.4) is 0 Å². The van der Waals surface area contributed by atoms with Crippen LogP contribution in [-0.2, 0) is 28.4 Å². The molecule has 0 saturated carbocycles. The van der Waals surface area contributed by atoms with Crippen molar-refractivity contribution in [1.29, 1.82) is 0 Å². The average molecular weight is 885 g/mol. The van der Waals surface area contributed by atoms with Gasteiger partial charge in [-0.15, -0.1) is 0 Å². The van der Waals surface area contributed by atoms with Gasteiger partial charge < -0.3 is 28.4 Å². The fourth-order valence-electron chi connectivity index (χ4n) is 8.23. The highest BCUT2D eigenvalue weighted by atomic mass is 16.7. The number of unbranched alkanes of at least 4 members (excludes halogenated alkanes) is 22. The Hall–Kier alpha value is -4.05. The maximum atomic E-state index is 13.9. The number of benzene rings is 3. The molecule has 354 valence electrons. The maximum absolute atomic E-state index is 13.9. The highest BCUT2D eigenvalue weighted by Crippen LogP contribution is 2.32. The van der Waals surface area contributed by atoms with Crippen LogP contribution in [0.1, 0.15) is 199 Å². The standard InChI is InChI=1S/C55H80O9/c1-3-5-7-9-11-13-15-17-19-21-23-34-42-59-44-48-49(62-52(56)45-36-28-25-29-37-45)50(63-53(57)46-38-30-26-31-39-46)51(64-54(58)47-40-32-27-33-41-47)55(61-48)60-43-35-24-22-20-18-16-14-12-10-8-6-4-2/h25-33,36-41,48-51,55H,3-24,34-35,42-44H2,1-2H3/t48-,49-,50+,51-,55+/m1/s1. The van der Waals surface area contributed by atoms with E-state index in [0.29, 0.717) is 29.9 Å². The van der Waals surface area contributed by atoms with Crippen molar-refractivity contribution in [2.75, 3.05) is 19.8 Å². The third kappa shape index (κ3) is 20.8. The average Bonchev–Trinajstić information content (AvgIpc) is 3.33. The molecule has 1 aliphatic heterocycles. The number of carbonyl (C=O) groups excluding carboxylic acids is 3. The van der Waals surface area contributed by atoms with E-state index in [9.17, 15) is 14.4 Å². The lowest BCUT2D eigenvalue weighted by atomic mass is 9.97. The fraction of sp³-hybridized carbons (Fsp3) is 0.618. The third-order valence-corrected chi connectivity index (χ3v) is 12.1. The van der Waals surface area contributed by atoms with Gasteiger partial charge in [0, 0.05) is 13.2 Å². The molecule has 1 fully saturated rings. The minimum absolute atomic E-state index is 0.0436. The molecule has 0 bridgehead atoms. The first-order valence-corrected chi connectivity index (χ1v) is 25.1. The number of ether oxygens (including phenoxy) is 6. The molecule has 0 unspecified atom stereocenters. The molecular weight excluding hydrogens is 805 g/mol. The van der Waals surface area contributed by atoms with Crippen LogP contribution in [0.2, 0.25) is 0 Å². The smallest absolute Gasteiger partial charge is 0.338 e. The Balaban J connectivity index is 1.46. The van der Waals surface area contributed by atoms with Gasteiger partial charge in [0.1, 0.15) is 6.10 Å². The largest absolute Gasteiger partial charge is 0.452 e. The van der Waals surface area contributed by atoms with E-state index in [-0.39, 0.29) is 6.61 Å². The van der Waals surface area contributed by atoms with Crippen molar-refractivity contribution in [2.24, 2.45) is 0 Å². The zero-order chi connectivity index (χ0) is 45.3. The van der Waals surface area contributed by atoms with Crippen molar-refractivity contribution in [3.05, 3.63) is 108 Å². The summed E-state index contributed by atoms with van der Waals surface area (Å²) in [5, 5.41) is 0. The van der Waals surface area contributed by atoms with Gasteiger partial charge in [-0.3, -0.25) is 0 Å². The third-order valence-electron chi connectivity index (χ3n) is 12.1. The van der Waals surface area contributed by atoms with Crippen molar-refractivity contribution in [1.82, 2.24) is 0 Å². The predicted molar refractivity (Wildman–Crippen MR) is 255 cm³/mol. The SMILES string of the molecule is CCCCCCCCCCCCCCOC[C@H]1O[C@H](OCCCCCCCCCCCCCC)[C@H](OC(=O)c2ccccc2)[C@@H](OC(=O)c2ccccc2)[C@@H]1OC(=O)c1ccccc1. The monoisotopic (exact) mass is 885 g/mol. The Morgan fingerprint density at radius 1 is 0.406 bits per heavy atom. The number of rotatable bonds is 35. The molecule has 0 aromatic heterocycles. The summed E-state index contributed by atoms with van der Waals surface area (Å²) in [6.07, 6.45) is 23.5.